The van der Waals surface area contributed by atoms with Gasteiger partial charge in [-0.05, 0) is 86.4 Å². The van der Waals surface area contributed by atoms with Crippen LogP contribution in [0.5, 0.6) is 0 Å². The molecule has 0 amide bonds. The molecular formula is C57H96O30. The molecule has 0 aromatic heterocycles. The second-order valence-electron chi connectivity index (χ2n) is 27.2. The molecule has 6 saturated heterocycles. The summed E-state index contributed by atoms with van der Waals surface area (Å²) >= 11 is 0. The largest absolute Gasteiger partial charge is 0.394 e. The summed E-state index contributed by atoms with van der Waals surface area (Å²) in [5, 5.41) is 205. The van der Waals surface area contributed by atoms with Gasteiger partial charge in [-0.15, -0.1) is 0 Å². The first kappa shape index (κ1) is 68.7. The number of aliphatic hydroxyl groups excluding tert-OH is 18. The third-order valence-corrected chi connectivity index (χ3v) is 22.3. The van der Waals surface area contributed by atoms with Gasteiger partial charge in [0.15, 0.2) is 37.2 Å². The maximum atomic E-state index is 12.4. The molecule has 0 unspecified atom stereocenters. The highest BCUT2D eigenvalue weighted by Gasteiger charge is 2.71. The van der Waals surface area contributed by atoms with E-state index in [1.807, 2.05) is 13.8 Å². The van der Waals surface area contributed by atoms with Crippen LogP contribution < -0.4 is 0 Å². The van der Waals surface area contributed by atoms with Crippen LogP contribution in [0.3, 0.4) is 0 Å². The lowest BCUT2D eigenvalue weighted by Crippen LogP contribution is -2.68. The van der Waals surface area contributed by atoms with Crippen LogP contribution in [0, 0.1) is 52.3 Å². The lowest BCUT2D eigenvalue weighted by Gasteiger charge is -2.62. The quantitative estimate of drug-likeness (QED) is 0.0534. The molecule has 6 heterocycles. The molecule has 0 aromatic rings. The fraction of sp³-hybridized carbons (Fsp3) is 1.00. The molecule has 0 bridgehead atoms. The van der Waals surface area contributed by atoms with Crippen molar-refractivity contribution < 1.29 is 149 Å². The predicted octanol–water partition coefficient (Wildman–Crippen LogP) is -7.16. The molecule has 10 rings (SSSR count). The van der Waals surface area contributed by atoms with Crippen molar-refractivity contribution in [3.05, 3.63) is 0 Å². The van der Waals surface area contributed by atoms with Crippen molar-refractivity contribution in [1.29, 1.82) is 0 Å². The topological polar surface area (TPSA) is 486 Å². The predicted molar refractivity (Wildman–Crippen MR) is 286 cm³/mol. The first-order valence-electron chi connectivity index (χ1n) is 31.0. The summed E-state index contributed by atoms with van der Waals surface area (Å²) < 4.78 is 65.8. The maximum Gasteiger partial charge on any atom is 0.187 e. The maximum absolute atomic E-state index is 12.4. The van der Waals surface area contributed by atoms with Crippen molar-refractivity contribution in [3.8, 4) is 0 Å². The molecule has 0 radical (unpaired) electrons. The third kappa shape index (κ3) is 12.5. The van der Waals surface area contributed by atoms with Crippen molar-refractivity contribution in [2.75, 3.05) is 39.6 Å². The molecule has 10 aliphatic rings. The lowest BCUT2D eigenvalue weighted by atomic mass is 9.43. The summed E-state index contributed by atoms with van der Waals surface area (Å²) in [5.74, 6) is -1.46. The molecule has 19 N–H and O–H groups in total. The van der Waals surface area contributed by atoms with E-state index in [9.17, 15) is 97.0 Å². The smallest absolute Gasteiger partial charge is 0.187 e. The zero-order valence-electron chi connectivity index (χ0n) is 49.3. The van der Waals surface area contributed by atoms with Gasteiger partial charge in [-0.3, -0.25) is 0 Å². The molecule has 504 valence electrons. The highest BCUT2D eigenvalue weighted by molar-refractivity contribution is 5.18. The molecule has 38 atom stereocenters. The summed E-state index contributed by atoms with van der Waals surface area (Å²) in [5.41, 5.74) is -0.773. The van der Waals surface area contributed by atoms with E-state index >= 15 is 0 Å². The Bertz CT molecular complexity index is 2220. The summed E-state index contributed by atoms with van der Waals surface area (Å²) in [4.78, 5) is 0. The lowest BCUT2D eigenvalue weighted by molar-refractivity contribution is -0.406. The van der Waals surface area contributed by atoms with Crippen molar-refractivity contribution in [1.82, 2.24) is 0 Å². The summed E-state index contributed by atoms with van der Waals surface area (Å²) in [6.45, 7) is 4.25. The second kappa shape index (κ2) is 27.3. The average Bonchev–Trinajstić information content (AvgIpc) is 1.58. The second-order valence-corrected chi connectivity index (χ2v) is 27.2. The van der Waals surface area contributed by atoms with Crippen molar-refractivity contribution >= 4 is 0 Å². The van der Waals surface area contributed by atoms with E-state index in [-0.39, 0.29) is 66.0 Å². The molecule has 6 aliphatic heterocycles. The van der Waals surface area contributed by atoms with Gasteiger partial charge < -0.3 is 149 Å². The Kier molecular flexibility index (Phi) is 21.5. The molecule has 30 heteroatoms. The number of hydrogen-bond acceptors (Lipinski definition) is 30. The van der Waals surface area contributed by atoms with Crippen LogP contribution in [0.25, 0.3) is 0 Å². The summed E-state index contributed by atoms with van der Waals surface area (Å²) in [7, 11) is 0. The summed E-state index contributed by atoms with van der Waals surface area (Å²) in [6.07, 6.45) is -39.9. The van der Waals surface area contributed by atoms with Gasteiger partial charge in [0.25, 0.3) is 0 Å². The van der Waals surface area contributed by atoms with Crippen LogP contribution in [0.1, 0.15) is 85.5 Å². The van der Waals surface area contributed by atoms with Crippen molar-refractivity contribution in [2.45, 2.75) is 263 Å². The molecule has 0 aromatic carbocycles. The van der Waals surface area contributed by atoms with Gasteiger partial charge in [0.2, 0.25) is 0 Å². The Hall–Kier alpha value is -1.20. The Morgan fingerprint density at radius 1 is 0.483 bits per heavy atom. The van der Waals surface area contributed by atoms with E-state index in [0.717, 1.165) is 12.8 Å². The Morgan fingerprint density at radius 2 is 0.966 bits per heavy atom. The Labute approximate surface area is 502 Å². The monoisotopic (exact) mass is 1260 g/mol. The fourth-order valence-corrected chi connectivity index (χ4v) is 17.1. The van der Waals surface area contributed by atoms with Crippen LogP contribution in [0.2, 0.25) is 0 Å². The van der Waals surface area contributed by atoms with E-state index in [0.29, 0.717) is 38.5 Å². The van der Waals surface area contributed by atoms with E-state index in [1.54, 1.807) is 0 Å². The third-order valence-electron chi connectivity index (χ3n) is 22.3. The molecule has 10 fully saturated rings. The molecule has 30 nitrogen and oxygen atoms in total. The molecule has 4 aliphatic carbocycles. The van der Waals surface area contributed by atoms with Crippen molar-refractivity contribution in [2.24, 2.45) is 52.3 Å². The minimum absolute atomic E-state index is 0.0910. The molecular weight excluding hydrogens is 1160 g/mol. The number of aliphatic hydroxyl groups is 19. The number of ether oxygens (including phenoxy) is 11. The van der Waals surface area contributed by atoms with Gasteiger partial charge in [-0.25, -0.2) is 0 Å². The van der Waals surface area contributed by atoms with E-state index in [1.165, 1.54) is 0 Å². The minimum Gasteiger partial charge on any atom is -0.394 e. The first-order chi connectivity index (χ1) is 41.2. The number of fused-ring (bicyclic) bond motifs is 7. The van der Waals surface area contributed by atoms with Gasteiger partial charge >= 0.3 is 0 Å². The van der Waals surface area contributed by atoms with Gasteiger partial charge in [0, 0.05) is 23.7 Å². The standard InChI is InChI=1S/C57H96O30/c1-20(19-77-50-43(72)39(68)35(64)28(14-58)79-50)7-10-57(76)21(2)34-27(87-57)12-26-24-6-5-22-11-23(8-9-55(22,3)25(24)13-33(63)56(26,34)4)78-51-46(75)42(71)47(32(18-62)83-51)84-54-49(86-53-45(74)41(70)37(66)30(16-60)81-53)48(38(67)31(17-61)82-54)85-52-44(73)40(69)36(65)29(15-59)80-52/h20-54,58-76H,5-19H2,1-4H3/t20-,21+,22+,23+,24-,25+,26+,27+,28-,29-,30-,31-,32-,33+,34+,35-,36-,37-,38-,39+,40+,41+,42-,43-,44-,45-,46-,47+,48+,49-,50-,51-,52+,53+,54+,55+,56-,57-/m1/s1. The fourth-order valence-electron chi connectivity index (χ4n) is 17.1. The van der Waals surface area contributed by atoms with Crippen LogP contribution in [0.4, 0.5) is 0 Å². The average molecular weight is 1260 g/mol. The van der Waals surface area contributed by atoms with Crippen molar-refractivity contribution in [3.63, 3.8) is 0 Å². The van der Waals surface area contributed by atoms with Crippen LogP contribution >= 0.6 is 0 Å². The first-order valence-corrected chi connectivity index (χ1v) is 31.0. The summed E-state index contributed by atoms with van der Waals surface area (Å²) in [6, 6.07) is 0. The minimum atomic E-state index is -2.08. The van der Waals surface area contributed by atoms with Gasteiger partial charge in [-0.1, -0.05) is 27.7 Å². The Balaban J connectivity index is 0.775. The van der Waals surface area contributed by atoms with Gasteiger partial charge in [0.05, 0.1) is 58.0 Å². The normalized spacial score (nSPS) is 55.6. The van der Waals surface area contributed by atoms with Crippen LogP contribution in [-0.2, 0) is 52.1 Å². The van der Waals surface area contributed by atoms with Gasteiger partial charge in [0.1, 0.15) is 122 Å². The van der Waals surface area contributed by atoms with E-state index in [4.69, 9.17) is 52.1 Å². The number of rotatable bonds is 19. The SMILES string of the molecule is C[C@H](CC[C@@]1(O)O[C@H]2C[C@H]3[C@@H]4CC[C@H]5C[C@@H](O[C@@H]6O[C@H](CO)[C@H](O[C@@H]7O[C@H](CO)[C@@H](O)[C@H](O[C@@H]8O[C@H](CO)[C@@H](O)[C@H](O)[C@H]8O)[C@H]7O[C@@H]7O[C@H](CO)[C@@H](O)[C@H](O)[C@H]7O)[C@H](O)[C@H]6O)CC[C@]5(C)[C@H]4C[C@H](O)[C@]3(C)[C@H]2[C@@H]1C)CO[C@@H]1O[C@H](CO)[C@@H](O)[C@H](O)[C@H]1O. The van der Waals surface area contributed by atoms with E-state index < -0.39 is 210 Å². The molecule has 4 saturated carbocycles. The van der Waals surface area contributed by atoms with Gasteiger partial charge in [-0.2, -0.15) is 0 Å². The molecule has 87 heavy (non-hydrogen) atoms. The zero-order valence-corrected chi connectivity index (χ0v) is 49.3. The highest BCUT2D eigenvalue weighted by atomic mass is 16.8. The molecule has 0 spiro atoms. The van der Waals surface area contributed by atoms with E-state index in [2.05, 4.69) is 13.8 Å². The number of hydrogen-bond donors (Lipinski definition) is 19. The van der Waals surface area contributed by atoms with Crippen LogP contribution in [0.15, 0.2) is 0 Å². The van der Waals surface area contributed by atoms with Crippen LogP contribution in [-0.4, -0.2) is 314 Å². The zero-order chi connectivity index (χ0) is 63.1. The highest BCUT2D eigenvalue weighted by Crippen LogP contribution is 2.71. The Morgan fingerprint density at radius 3 is 1.54 bits per heavy atom.